The van der Waals surface area contributed by atoms with Gasteiger partial charge >= 0.3 is 0 Å². The predicted molar refractivity (Wildman–Crippen MR) is 50.9 cm³/mol. The van der Waals surface area contributed by atoms with Crippen LogP contribution in [0.4, 0.5) is 0 Å². The first-order chi connectivity index (χ1) is 6.27. The number of rotatable bonds is 1. The summed E-state index contributed by atoms with van der Waals surface area (Å²) in [5, 5.41) is 13.3. The van der Waals surface area contributed by atoms with E-state index in [0.717, 1.165) is 18.5 Å². The lowest BCUT2D eigenvalue weighted by atomic mass is 9.97. The molecule has 0 atom stereocenters. The monoisotopic (exact) mass is 198 g/mol. The average molecular weight is 199 g/mol. The highest BCUT2D eigenvalue weighted by Gasteiger charge is 2.11. The molecule has 0 saturated carbocycles. The van der Waals surface area contributed by atoms with E-state index < -0.39 is 0 Å². The molecule has 0 spiro atoms. The molecule has 13 heavy (non-hydrogen) atoms. The molecule has 0 fully saturated rings. The van der Waals surface area contributed by atoms with Crippen molar-refractivity contribution in [3.05, 3.63) is 23.0 Å². The van der Waals surface area contributed by atoms with E-state index in [0.29, 0.717) is 4.85 Å². The second kappa shape index (κ2) is 3.42. The van der Waals surface area contributed by atoms with Crippen molar-refractivity contribution in [2.75, 3.05) is 0 Å². The van der Waals surface area contributed by atoms with Gasteiger partial charge in [-0.3, -0.25) is 0 Å². The lowest BCUT2D eigenvalue weighted by molar-refractivity contribution is 0.149. The maximum atomic E-state index is 9.12. The van der Waals surface area contributed by atoms with Crippen LogP contribution < -0.4 is 0 Å². The molecular formula is C9H11ClN2O. The van der Waals surface area contributed by atoms with Crippen LogP contribution in [0.3, 0.4) is 0 Å². The summed E-state index contributed by atoms with van der Waals surface area (Å²) >= 11 is 5.67. The minimum Gasteiger partial charge on any atom is -0.411 e. The molecule has 0 saturated heterocycles. The van der Waals surface area contributed by atoms with Gasteiger partial charge in [0.25, 0.3) is 0 Å². The smallest absolute Gasteiger partial charge is 0.169 e. The summed E-state index contributed by atoms with van der Waals surface area (Å²) in [6.07, 6.45) is 6.75. The largest absolute Gasteiger partial charge is 0.411 e. The van der Waals surface area contributed by atoms with Crippen LogP contribution in [0.2, 0.25) is 5.15 Å². The van der Waals surface area contributed by atoms with E-state index in [1.165, 1.54) is 18.4 Å². The fourth-order valence-corrected chi connectivity index (χ4v) is 1.72. The Morgan fingerprint density at radius 1 is 1.46 bits per heavy atom. The molecule has 70 valence electrons. The Hall–Kier alpha value is -0.960. The second-order valence-electron chi connectivity index (χ2n) is 3.22. The number of halogens is 1. The van der Waals surface area contributed by atoms with Crippen molar-refractivity contribution in [1.29, 1.82) is 0 Å². The molecule has 2 rings (SSSR count). The van der Waals surface area contributed by atoms with Crippen LogP contribution in [0.15, 0.2) is 12.1 Å². The van der Waals surface area contributed by atoms with Crippen LogP contribution in [0.1, 0.15) is 31.4 Å². The molecule has 1 aliphatic rings. The van der Waals surface area contributed by atoms with Gasteiger partial charge in [-0.1, -0.05) is 22.5 Å². The SMILES string of the molecule is On1nc(C2=CCCCC2)cc1Cl. The summed E-state index contributed by atoms with van der Waals surface area (Å²) in [5.41, 5.74) is 1.99. The van der Waals surface area contributed by atoms with Gasteiger partial charge in [0.1, 0.15) is 0 Å². The molecule has 0 unspecified atom stereocenters. The Labute approximate surface area is 81.6 Å². The molecule has 1 N–H and O–H groups in total. The van der Waals surface area contributed by atoms with E-state index in [-0.39, 0.29) is 5.15 Å². The fourth-order valence-electron chi connectivity index (χ4n) is 1.58. The minimum absolute atomic E-state index is 0.265. The van der Waals surface area contributed by atoms with Gasteiger partial charge in [0.05, 0.1) is 5.69 Å². The Bertz CT molecular complexity index is 324. The molecule has 0 aromatic carbocycles. The molecular weight excluding hydrogens is 188 g/mol. The zero-order valence-corrected chi connectivity index (χ0v) is 7.96. The van der Waals surface area contributed by atoms with Crippen LogP contribution in [0.5, 0.6) is 0 Å². The maximum Gasteiger partial charge on any atom is 0.169 e. The number of hydrogen-bond acceptors (Lipinski definition) is 2. The minimum atomic E-state index is 0.265. The van der Waals surface area contributed by atoms with E-state index in [9.17, 15) is 0 Å². The van der Waals surface area contributed by atoms with Crippen LogP contribution in [0, 0.1) is 0 Å². The summed E-state index contributed by atoms with van der Waals surface area (Å²) in [4.78, 5) is 0.715. The van der Waals surface area contributed by atoms with Crippen LogP contribution in [-0.4, -0.2) is 15.2 Å². The van der Waals surface area contributed by atoms with Crippen molar-refractivity contribution in [1.82, 2.24) is 9.94 Å². The maximum absolute atomic E-state index is 9.12. The van der Waals surface area contributed by atoms with Gasteiger partial charge in [0.15, 0.2) is 5.15 Å². The summed E-state index contributed by atoms with van der Waals surface area (Å²) < 4.78 is 0. The van der Waals surface area contributed by atoms with E-state index >= 15 is 0 Å². The summed E-state index contributed by atoms with van der Waals surface area (Å²) in [6, 6.07) is 1.69. The topological polar surface area (TPSA) is 38.0 Å². The standard InChI is InChI=1S/C9H11ClN2O/c10-9-6-8(11-12(9)13)7-4-2-1-3-5-7/h4,6,13H,1-3,5H2. The van der Waals surface area contributed by atoms with Crippen molar-refractivity contribution < 1.29 is 5.21 Å². The molecule has 1 aromatic heterocycles. The highest BCUT2D eigenvalue weighted by Crippen LogP contribution is 2.26. The van der Waals surface area contributed by atoms with Crippen molar-refractivity contribution >= 4 is 17.2 Å². The van der Waals surface area contributed by atoms with Gasteiger partial charge in [0, 0.05) is 6.07 Å². The van der Waals surface area contributed by atoms with E-state index in [1.807, 2.05) is 0 Å². The van der Waals surface area contributed by atoms with Crippen LogP contribution >= 0.6 is 11.6 Å². The molecule has 0 aliphatic heterocycles. The number of hydrogen-bond donors (Lipinski definition) is 1. The van der Waals surface area contributed by atoms with Gasteiger partial charge < -0.3 is 5.21 Å². The highest BCUT2D eigenvalue weighted by atomic mass is 35.5. The Balaban J connectivity index is 2.29. The predicted octanol–water partition coefficient (Wildman–Crippen LogP) is 2.73. The lowest BCUT2D eigenvalue weighted by Gasteiger charge is -2.09. The van der Waals surface area contributed by atoms with E-state index in [2.05, 4.69) is 11.2 Å². The zero-order chi connectivity index (χ0) is 9.26. The molecule has 1 aliphatic carbocycles. The first-order valence-electron chi connectivity index (χ1n) is 4.41. The Morgan fingerprint density at radius 3 is 2.85 bits per heavy atom. The zero-order valence-electron chi connectivity index (χ0n) is 7.20. The third-order valence-electron chi connectivity index (χ3n) is 2.27. The highest BCUT2D eigenvalue weighted by molar-refractivity contribution is 6.29. The third kappa shape index (κ3) is 1.70. The van der Waals surface area contributed by atoms with Gasteiger partial charge in [-0.25, -0.2) is 0 Å². The number of aromatic nitrogens is 2. The number of nitrogens with zero attached hydrogens (tertiary/aromatic N) is 2. The quantitative estimate of drug-likeness (QED) is 0.705. The number of allylic oxidation sites excluding steroid dienone is 2. The van der Waals surface area contributed by atoms with Gasteiger partial charge in [0.2, 0.25) is 0 Å². The van der Waals surface area contributed by atoms with Gasteiger partial charge in [-0.2, -0.15) is 0 Å². The molecule has 1 heterocycles. The van der Waals surface area contributed by atoms with E-state index in [1.54, 1.807) is 6.07 Å². The van der Waals surface area contributed by atoms with Crippen LogP contribution in [0.25, 0.3) is 5.57 Å². The summed E-state index contributed by atoms with van der Waals surface area (Å²) in [7, 11) is 0. The molecule has 3 nitrogen and oxygen atoms in total. The van der Waals surface area contributed by atoms with Crippen molar-refractivity contribution in [3.8, 4) is 0 Å². The molecule has 0 radical (unpaired) electrons. The van der Waals surface area contributed by atoms with Crippen LogP contribution in [-0.2, 0) is 0 Å². The molecule has 1 aromatic rings. The summed E-state index contributed by atoms with van der Waals surface area (Å²) in [6.45, 7) is 0. The molecule has 0 bridgehead atoms. The third-order valence-corrected chi connectivity index (χ3v) is 2.53. The lowest BCUT2D eigenvalue weighted by Crippen LogP contribution is -1.95. The first kappa shape index (κ1) is 8.63. The molecule has 0 amide bonds. The Morgan fingerprint density at radius 2 is 2.31 bits per heavy atom. The second-order valence-corrected chi connectivity index (χ2v) is 3.60. The Kier molecular flexibility index (Phi) is 2.27. The summed E-state index contributed by atoms with van der Waals surface area (Å²) in [5.74, 6) is 0. The van der Waals surface area contributed by atoms with Crippen molar-refractivity contribution in [2.45, 2.75) is 25.7 Å². The van der Waals surface area contributed by atoms with Crippen molar-refractivity contribution in [2.24, 2.45) is 0 Å². The fraction of sp³-hybridized carbons (Fsp3) is 0.444. The van der Waals surface area contributed by atoms with E-state index in [4.69, 9.17) is 16.8 Å². The van der Waals surface area contributed by atoms with Crippen molar-refractivity contribution in [3.63, 3.8) is 0 Å². The average Bonchev–Trinajstić information content (AvgIpc) is 2.49. The molecule has 4 heteroatoms. The normalized spacial score (nSPS) is 17.2. The first-order valence-corrected chi connectivity index (χ1v) is 4.79. The van der Waals surface area contributed by atoms with Gasteiger partial charge in [-0.05, 0) is 31.3 Å². The van der Waals surface area contributed by atoms with Gasteiger partial charge in [-0.15, -0.1) is 5.10 Å².